The van der Waals surface area contributed by atoms with Crippen molar-refractivity contribution in [3.8, 4) is 11.5 Å². The van der Waals surface area contributed by atoms with Gasteiger partial charge in [-0.05, 0) is 35.4 Å². The second kappa shape index (κ2) is 8.96. The number of fused-ring (bicyclic) bond motifs is 1. The van der Waals surface area contributed by atoms with E-state index in [4.69, 9.17) is 9.47 Å². The van der Waals surface area contributed by atoms with Crippen molar-refractivity contribution in [1.29, 1.82) is 0 Å². The van der Waals surface area contributed by atoms with Crippen molar-refractivity contribution in [2.75, 3.05) is 12.9 Å². The Balaban J connectivity index is 1.35. The number of hydrogen-bond donors (Lipinski definition) is 1. The highest BCUT2D eigenvalue weighted by Gasteiger charge is 2.34. The lowest BCUT2D eigenvalue weighted by atomic mass is 10.1. The van der Waals surface area contributed by atoms with Crippen LogP contribution in [0.25, 0.3) is 11.0 Å². The Morgan fingerprint density at radius 2 is 1.88 bits per heavy atom. The molecule has 0 bridgehead atoms. The van der Waals surface area contributed by atoms with Gasteiger partial charge in [-0.1, -0.05) is 48.5 Å². The first-order valence-corrected chi connectivity index (χ1v) is 11.5. The van der Waals surface area contributed by atoms with Crippen molar-refractivity contribution in [2.45, 2.75) is 18.5 Å². The molecule has 2 heterocycles. The molecule has 0 spiro atoms. The number of hydrogen-bond acceptors (Lipinski definition) is 5. The standard InChI is InChI=1S/C25H23N3O3S/c1-30-22-13-18(11-12-21(22)31-15-17-7-3-2-4-8-17)25-28(24(29)16-32-25)14-23-26-19-9-5-6-10-20(19)27-23/h2-13,25H,14-16H2,1H3,(H,26,27). The van der Waals surface area contributed by atoms with Crippen LogP contribution < -0.4 is 9.47 Å². The lowest BCUT2D eigenvalue weighted by Crippen LogP contribution is -2.28. The van der Waals surface area contributed by atoms with Gasteiger partial charge in [0.15, 0.2) is 11.5 Å². The van der Waals surface area contributed by atoms with Gasteiger partial charge in [-0.2, -0.15) is 0 Å². The molecule has 1 atom stereocenters. The first kappa shape index (κ1) is 20.5. The largest absolute Gasteiger partial charge is 0.493 e. The van der Waals surface area contributed by atoms with Crippen molar-refractivity contribution < 1.29 is 14.3 Å². The molecule has 6 nitrogen and oxygen atoms in total. The molecule has 3 aromatic carbocycles. The fourth-order valence-corrected chi connectivity index (χ4v) is 5.01. The summed E-state index contributed by atoms with van der Waals surface area (Å²) in [7, 11) is 1.63. The van der Waals surface area contributed by atoms with E-state index in [2.05, 4.69) is 9.97 Å². The van der Waals surface area contributed by atoms with Gasteiger partial charge in [-0.25, -0.2) is 4.98 Å². The smallest absolute Gasteiger partial charge is 0.234 e. The first-order valence-electron chi connectivity index (χ1n) is 10.4. The van der Waals surface area contributed by atoms with Crippen molar-refractivity contribution in [1.82, 2.24) is 14.9 Å². The highest BCUT2D eigenvalue weighted by atomic mass is 32.2. The fourth-order valence-electron chi connectivity index (χ4n) is 3.84. The molecule has 0 radical (unpaired) electrons. The SMILES string of the molecule is COc1cc(C2SCC(=O)N2Cc2nc3ccccc3[nH]2)ccc1OCc1ccccc1. The molecule has 1 amide bonds. The van der Waals surface area contributed by atoms with E-state index in [1.165, 1.54) is 0 Å². The monoisotopic (exact) mass is 445 g/mol. The van der Waals surface area contributed by atoms with Gasteiger partial charge in [0.25, 0.3) is 0 Å². The second-order valence-electron chi connectivity index (χ2n) is 7.57. The van der Waals surface area contributed by atoms with Gasteiger partial charge in [0.1, 0.15) is 17.8 Å². The number of aromatic amines is 1. The number of benzene rings is 3. The van der Waals surface area contributed by atoms with Crippen LogP contribution in [-0.2, 0) is 17.9 Å². The maximum absolute atomic E-state index is 12.7. The van der Waals surface area contributed by atoms with E-state index in [-0.39, 0.29) is 11.3 Å². The van der Waals surface area contributed by atoms with E-state index >= 15 is 0 Å². The number of ether oxygens (including phenoxy) is 2. The molecule has 0 saturated carbocycles. The highest BCUT2D eigenvalue weighted by Crippen LogP contribution is 2.42. The van der Waals surface area contributed by atoms with Crippen LogP contribution in [0, 0.1) is 0 Å². The fraction of sp³-hybridized carbons (Fsp3) is 0.200. The molecular weight excluding hydrogens is 422 g/mol. The lowest BCUT2D eigenvalue weighted by molar-refractivity contribution is -0.128. The van der Waals surface area contributed by atoms with Crippen molar-refractivity contribution >= 4 is 28.7 Å². The second-order valence-corrected chi connectivity index (χ2v) is 8.64. The number of thioether (sulfide) groups is 1. The van der Waals surface area contributed by atoms with Gasteiger partial charge >= 0.3 is 0 Å². The van der Waals surface area contributed by atoms with E-state index in [0.29, 0.717) is 30.4 Å². The van der Waals surface area contributed by atoms with Crippen molar-refractivity contribution in [3.05, 3.63) is 89.7 Å². The Hall–Kier alpha value is -3.45. The number of H-pyrrole nitrogens is 1. The zero-order valence-corrected chi connectivity index (χ0v) is 18.5. The molecule has 1 N–H and O–H groups in total. The number of imidazole rings is 1. The van der Waals surface area contributed by atoms with Gasteiger partial charge < -0.3 is 19.4 Å². The Bertz CT molecular complexity index is 1210. The predicted octanol–water partition coefficient (Wildman–Crippen LogP) is 4.92. The van der Waals surface area contributed by atoms with Gasteiger partial charge in [0.2, 0.25) is 5.91 Å². The first-order chi connectivity index (χ1) is 15.7. The maximum Gasteiger partial charge on any atom is 0.234 e. The van der Waals surface area contributed by atoms with E-state index in [1.54, 1.807) is 18.9 Å². The lowest BCUT2D eigenvalue weighted by Gasteiger charge is -2.24. The summed E-state index contributed by atoms with van der Waals surface area (Å²) < 4.78 is 11.6. The zero-order chi connectivity index (χ0) is 21.9. The van der Waals surface area contributed by atoms with Crippen LogP contribution in [0.1, 0.15) is 22.3 Å². The quantitative estimate of drug-likeness (QED) is 0.437. The minimum atomic E-state index is -0.104. The summed E-state index contributed by atoms with van der Waals surface area (Å²) in [6.45, 7) is 0.894. The highest BCUT2D eigenvalue weighted by molar-refractivity contribution is 8.00. The molecule has 0 aliphatic carbocycles. The van der Waals surface area contributed by atoms with E-state index < -0.39 is 0 Å². The van der Waals surface area contributed by atoms with Crippen LogP contribution in [-0.4, -0.2) is 33.6 Å². The van der Waals surface area contributed by atoms with Gasteiger partial charge in [0.05, 0.1) is 30.4 Å². The Morgan fingerprint density at radius 1 is 1.06 bits per heavy atom. The minimum absolute atomic E-state index is 0.101. The number of rotatable bonds is 7. The molecule has 1 aromatic heterocycles. The Labute approximate surface area is 190 Å². The summed E-state index contributed by atoms with van der Waals surface area (Å²) in [6.07, 6.45) is 0. The summed E-state index contributed by atoms with van der Waals surface area (Å²) in [5.74, 6) is 2.66. The molecule has 32 heavy (non-hydrogen) atoms. The third-order valence-electron chi connectivity index (χ3n) is 5.44. The van der Waals surface area contributed by atoms with Crippen molar-refractivity contribution in [2.24, 2.45) is 0 Å². The van der Waals surface area contributed by atoms with Crippen LogP contribution in [0.3, 0.4) is 0 Å². The van der Waals surface area contributed by atoms with Crippen LogP contribution in [0.4, 0.5) is 0 Å². The number of nitrogens with zero attached hydrogens (tertiary/aromatic N) is 2. The van der Waals surface area contributed by atoms with Crippen LogP contribution >= 0.6 is 11.8 Å². The summed E-state index contributed by atoms with van der Waals surface area (Å²) in [4.78, 5) is 22.5. The van der Waals surface area contributed by atoms with Crippen LogP contribution in [0.2, 0.25) is 0 Å². The molecule has 162 valence electrons. The normalized spacial score (nSPS) is 16.0. The minimum Gasteiger partial charge on any atom is -0.493 e. The number of para-hydroxylation sites is 2. The molecule has 5 rings (SSSR count). The summed E-state index contributed by atoms with van der Waals surface area (Å²) in [5.41, 5.74) is 3.97. The van der Waals surface area contributed by atoms with E-state index in [1.807, 2.05) is 77.7 Å². The number of carbonyl (C=O) groups excluding carboxylic acids is 1. The molecule has 4 aromatic rings. The summed E-state index contributed by atoms with van der Waals surface area (Å²) in [5, 5.41) is -0.104. The number of nitrogens with one attached hydrogen (secondary N) is 1. The third-order valence-corrected chi connectivity index (χ3v) is 6.69. The summed E-state index contributed by atoms with van der Waals surface area (Å²) in [6, 6.07) is 23.8. The number of aromatic nitrogens is 2. The third kappa shape index (κ3) is 4.16. The van der Waals surface area contributed by atoms with Crippen LogP contribution in [0.5, 0.6) is 11.5 Å². The average Bonchev–Trinajstić information content (AvgIpc) is 3.41. The molecule has 1 saturated heterocycles. The topological polar surface area (TPSA) is 67.5 Å². The zero-order valence-electron chi connectivity index (χ0n) is 17.7. The molecular formula is C25H23N3O3S. The van der Waals surface area contributed by atoms with Crippen LogP contribution in [0.15, 0.2) is 72.8 Å². The Kier molecular flexibility index (Phi) is 5.73. The molecule has 7 heteroatoms. The molecule has 1 unspecified atom stereocenters. The van der Waals surface area contributed by atoms with Gasteiger partial charge in [-0.3, -0.25) is 4.79 Å². The molecule has 1 aliphatic rings. The summed E-state index contributed by atoms with van der Waals surface area (Å²) >= 11 is 1.61. The number of carbonyl (C=O) groups is 1. The van der Waals surface area contributed by atoms with Gasteiger partial charge in [0, 0.05) is 0 Å². The Morgan fingerprint density at radius 3 is 2.69 bits per heavy atom. The number of amides is 1. The molecule has 1 aliphatic heterocycles. The number of methoxy groups -OCH3 is 1. The van der Waals surface area contributed by atoms with E-state index in [9.17, 15) is 4.79 Å². The van der Waals surface area contributed by atoms with Gasteiger partial charge in [-0.15, -0.1) is 11.8 Å². The predicted molar refractivity (Wildman–Crippen MR) is 126 cm³/mol. The van der Waals surface area contributed by atoms with Crippen molar-refractivity contribution in [3.63, 3.8) is 0 Å². The maximum atomic E-state index is 12.7. The average molecular weight is 446 g/mol. The van der Waals surface area contributed by atoms with E-state index in [0.717, 1.165) is 28.0 Å². The molecule has 1 fully saturated rings.